The number of rotatable bonds is 8. The zero-order valence-corrected chi connectivity index (χ0v) is 19.0. The molecule has 6 rings (SSSR count). The van der Waals surface area contributed by atoms with Gasteiger partial charge in [0.1, 0.15) is 6.10 Å². The highest BCUT2D eigenvalue weighted by atomic mass is 16.6. The summed E-state index contributed by atoms with van der Waals surface area (Å²) in [6.45, 7) is 2.94. The fraction of sp³-hybridized carbons (Fsp3) is 0.720. The first kappa shape index (κ1) is 20.8. The van der Waals surface area contributed by atoms with Crippen molar-refractivity contribution in [2.75, 3.05) is 40.4 Å². The third-order valence-electron chi connectivity index (χ3n) is 8.95. The van der Waals surface area contributed by atoms with Crippen LogP contribution in [0.4, 0.5) is 0 Å². The molecule has 2 N–H and O–H groups in total. The van der Waals surface area contributed by atoms with Gasteiger partial charge in [0.25, 0.3) is 0 Å². The minimum atomic E-state index is -0.824. The van der Waals surface area contributed by atoms with Gasteiger partial charge in [-0.3, -0.25) is 9.69 Å². The van der Waals surface area contributed by atoms with E-state index in [0.29, 0.717) is 18.5 Å². The van der Waals surface area contributed by atoms with Crippen LogP contribution in [0.1, 0.15) is 36.8 Å². The lowest BCUT2D eigenvalue weighted by molar-refractivity contribution is -0.142. The Balaban J connectivity index is 1.41. The molecule has 0 radical (unpaired) electrons. The van der Waals surface area contributed by atoms with Crippen LogP contribution in [0.2, 0.25) is 0 Å². The number of carboxylic acid groups (broad SMARTS) is 1. The highest BCUT2D eigenvalue weighted by Crippen LogP contribution is 2.65. The van der Waals surface area contributed by atoms with Crippen molar-refractivity contribution in [3.8, 4) is 11.5 Å². The first-order chi connectivity index (χ1) is 15.6. The first-order valence-corrected chi connectivity index (χ1v) is 12.1. The van der Waals surface area contributed by atoms with Gasteiger partial charge in [-0.25, -0.2) is 0 Å². The van der Waals surface area contributed by atoms with Gasteiger partial charge in [-0.05, 0) is 62.1 Å². The van der Waals surface area contributed by atoms with Crippen LogP contribution in [0, 0.1) is 17.8 Å². The summed E-state index contributed by atoms with van der Waals surface area (Å²) in [5.74, 6) is 2.50. The fourth-order valence-electron chi connectivity index (χ4n) is 7.55. The second kappa shape index (κ2) is 7.61. The van der Waals surface area contributed by atoms with E-state index in [1.165, 1.54) is 30.5 Å². The van der Waals surface area contributed by atoms with E-state index in [0.717, 1.165) is 43.2 Å². The van der Waals surface area contributed by atoms with Crippen LogP contribution in [0.15, 0.2) is 12.1 Å². The summed E-state index contributed by atoms with van der Waals surface area (Å²) in [6.07, 6.45) is 5.80. The van der Waals surface area contributed by atoms with Crippen molar-refractivity contribution in [2.24, 2.45) is 17.8 Å². The summed E-state index contributed by atoms with van der Waals surface area (Å²) in [5.41, 5.74) is 2.77. The molecule has 32 heavy (non-hydrogen) atoms. The van der Waals surface area contributed by atoms with Crippen molar-refractivity contribution in [1.82, 2.24) is 10.2 Å². The minimum Gasteiger partial charge on any atom is -0.493 e. The lowest BCUT2D eigenvalue weighted by Crippen LogP contribution is -2.69. The maximum Gasteiger partial charge on any atom is 0.317 e. The summed E-state index contributed by atoms with van der Waals surface area (Å²) in [6, 6.07) is 4.84. The molecule has 3 aliphatic carbocycles. The molecule has 2 bridgehead atoms. The topological polar surface area (TPSA) is 80.3 Å². The van der Waals surface area contributed by atoms with Gasteiger partial charge in [-0.2, -0.15) is 0 Å². The molecule has 1 aromatic rings. The van der Waals surface area contributed by atoms with Gasteiger partial charge in [0.05, 0.1) is 19.8 Å². The molecule has 2 saturated carbocycles. The number of ether oxygens (including phenoxy) is 3. The van der Waals surface area contributed by atoms with E-state index in [-0.39, 0.29) is 30.1 Å². The molecule has 6 atom stereocenters. The molecule has 1 saturated heterocycles. The Morgan fingerprint density at radius 2 is 2.19 bits per heavy atom. The molecule has 1 spiro atoms. The second-order valence-electron chi connectivity index (χ2n) is 10.5. The van der Waals surface area contributed by atoms with E-state index in [1.807, 2.05) is 0 Å². The molecular formula is C25H34N2O5. The quantitative estimate of drug-likeness (QED) is 0.638. The van der Waals surface area contributed by atoms with Gasteiger partial charge in [-0.1, -0.05) is 6.07 Å². The molecule has 1 aromatic carbocycles. The van der Waals surface area contributed by atoms with Crippen LogP contribution in [-0.4, -0.2) is 74.6 Å². The van der Waals surface area contributed by atoms with Crippen LogP contribution >= 0.6 is 0 Å². The number of hydrogen-bond donors (Lipinski definition) is 2. The molecule has 7 nitrogen and oxygen atoms in total. The predicted molar refractivity (Wildman–Crippen MR) is 118 cm³/mol. The lowest BCUT2D eigenvalue weighted by atomic mass is 9.49. The third-order valence-corrected chi connectivity index (χ3v) is 8.95. The van der Waals surface area contributed by atoms with Crippen molar-refractivity contribution in [3.05, 3.63) is 23.3 Å². The number of carbonyl (C=O) groups is 1. The van der Waals surface area contributed by atoms with E-state index in [2.05, 4.69) is 22.3 Å². The number of hydrogen-bond acceptors (Lipinski definition) is 6. The highest BCUT2D eigenvalue weighted by Gasteiger charge is 2.67. The van der Waals surface area contributed by atoms with Crippen molar-refractivity contribution in [2.45, 2.75) is 55.8 Å². The van der Waals surface area contributed by atoms with Gasteiger partial charge >= 0.3 is 5.97 Å². The Morgan fingerprint density at radius 1 is 1.34 bits per heavy atom. The molecule has 0 amide bonds. The number of aliphatic carboxylic acids is 1. The molecule has 6 unspecified atom stereocenters. The molecule has 2 heterocycles. The Bertz CT molecular complexity index is 918. The number of carboxylic acids is 1. The maximum atomic E-state index is 11.1. The Morgan fingerprint density at radius 3 is 2.91 bits per heavy atom. The van der Waals surface area contributed by atoms with Gasteiger partial charge in [0.2, 0.25) is 0 Å². The van der Waals surface area contributed by atoms with E-state index in [4.69, 9.17) is 19.3 Å². The average Bonchev–Trinajstić information content (AvgIpc) is 3.53. The van der Waals surface area contributed by atoms with Crippen LogP contribution in [0.5, 0.6) is 11.5 Å². The van der Waals surface area contributed by atoms with E-state index in [9.17, 15) is 4.79 Å². The van der Waals surface area contributed by atoms with Crippen LogP contribution in [0.3, 0.4) is 0 Å². The molecule has 174 valence electrons. The monoisotopic (exact) mass is 442 g/mol. The van der Waals surface area contributed by atoms with Gasteiger partial charge in [0, 0.05) is 43.1 Å². The number of nitrogens with one attached hydrogen (secondary N) is 1. The molecule has 7 heteroatoms. The smallest absolute Gasteiger partial charge is 0.317 e. The van der Waals surface area contributed by atoms with Crippen molar-refractivity contribution in [1.29, 1.82) is 0 Å². The fourth-order valence-corrected chi connectivity index (χ4v) is 7.55. The Labute approximate surface area is 189 Å². The van der Waals surface area contributed by atoms with E-state index >= 15 is 0 Å². The van der Waals surface area contributed by atoms with Crippen LogP contribution in [0.25, 0.3) is 0 Å². The predicted octanol–water partition coefficient (Wildman–Crippen LogP) is 2.06. The number of likely N-dealkylation sites (tertiary alicyclic amines) is 1. The zero-order chi connectivity index (χ0) is 22.0. The normalized spacial score (nSPS) is 37.0. The minimum absolute atomic E-state index is 0.0241. The summed E-state index contributed by atoms with van der Waals surface area (Å²) >= 11 is 0. The molecule has 2 aliphatic heterocycles. The summed E-state index contributed by atoms with van der Waals surface area (Å²) in [5, 5.41) is 12.3. The summed E-state index contributed by atoms with van der Waals surface area (Å²) < 4.78 is 18.6. The van der Waals surface area contributed by atoms with Gasteiger partial charge in [-0.15, -0.1) is 0 Å². The highest BCUT2D eigenvalue weighted by molar-refractivity contribution is 5.69. The molecular weight excluding hydrogens is 408 g/mol. The Hall–Kier alpha value is -1.83. The number of piperidine rings is 1. The molecule has 3 fully saturated rings. The van der Waals surface area contributed by atoms with Crippen molar-refractivity contribution < 1.29 is 24.1 Å². The third kappa shape index (κ3) is 2.94. The van der Waals surface area contributed by atoms with Gasteiger partial charge < -0.3 is 24.6 Å². The number of benzene rings is 1. The zero-order valence-electron chi connectivity index (χ0n) is 19.0. The first-order valence-electron chi connectivity index (χ1n) is 12.1. The van der Waals surface area contributed by atoms with E-state index < -0.39 is 5.97 Å². The largest absolute Gasteiger partial charge is 0.493 e. The van der Waals surface area contributed by atoms with E-state index in [1.54, 1.807) is 14.2 Å². The summed E-state index contributed by atoms with van der Waals surface area (Å²) in [7, 11) is 3.49. The molecule has 0 aromatic heterocycles. The van der Waals surface area contributed by atoms with Crippen molar-refractivity contribution in [3.63, 3.8) is 0 Å². The molecule has 5 aliphatic rings. The second-order valence-corrected chi connectivity index (χ2v) is 10.5. The number of nitrogens with zero attached hydrogens (tertiary/aromatic N) is 1. The van der Waals surface area contributed by atoms with Crippen molar-refractivity contribution >= 4 is 5.97 Å². The summed E-state index contributed by atoms with van der Waals surface area (Å²) in [4.78, 5) is 13.9. The van der Waals surface area contributed by atoms with Crippen LogP contribution in [-0.2, 0) is 21.4 Å². The lowest BCUT2D eigenvalue weighted by Gasteiger charge is -2.61. The maximum absolute atomic E-state index is 11.1. The average molecular weight is 443 g/mol. The Kier molecular flexibility index (Phi) is 4.93. The van der Waals surface area contributed by atoms with Gasteiger partial charge in [0.15, 0.2) is 11.5 Å². The number of methoxy groups -OCH3 is 2. The van der Waals surface area contributed by atoms with Crippen LogP contribution < -0.4 is 14.8 Å². The standard InChI is InChI=1S/C25H34N2O5/c1-30-19-6-5-15-10-18-17-9-16(11-26-12-20(28)29)22(31-2)24-25(17,21(15)23(19)32-24)7-8-27(18)13-14-3-4-14/h5-6,14,16-18,22,24,26H,3-4,7-13H2,1-2H3,(H,28,29). The SMILES string of the molecule is COc1ccc2c3c1OC1C(OC)C(CNCC(=O)O)CC4C(C2)N(CC2CC2)CCC341.